The molecule has 0 bridgehead atoms. The van der Waals surface area contributed by atoms with Crippen molar-refractivity contribution in [2.75, 3.05) is 19.8 Å². The molecule has 0 radical (unpaired) electrons. The summed E-state index contributed by atoms with van der Waals surface area (Å²) in [5.74, 6) is 0.482. The second-order valence-electron chi connectivity index (χ2n) is 4.37. The minimum atomic E-state index is -3.40. The molecule has 1 saturated heterocycles. The quantitative estimate of drug-likeness (QED) is 0.898. The van der Waals surface area contributed by atoms with Gasteiger partial charge in [0, 0.05) is 24.2 Å². The molecule has 2 rings (SSSR count). The van der Waals surface area contributed by atoms with Crippen LogP contribution in [0.15, 0.2) is 33.6 Å². The Labute approximate surface area is 116 Å². The maximum Gasteiger partial charge on any atom is 0.240 e. The molecule has 1 atom stereocenters. The lowest BCUT2D eigenvalue weighted by Crippen LogP contribution is -2.26. The van der Waals surface area contributed by atoms with Crippen molar-refractivity contribution in [3.63, 3.8) is 0 Å². The first-order valence-electron chi connectivity index (χ1n) is 5.91. The Morgan fingerprint density at radius 3 is 2.94 bits per heavy atom. The first-order chi connectivity index (χ1) is 8.58. The average Bonchev–Trinajstić information content (AvgIpc) is 2.82. The average molecular weight is 334 g/mol. The predicted octanol–water partition coefficient (Wildman–Crippen LogP) is 2.15. The zero-order valence-corrected chi connectivity index (χ0v) is 12.3. The number of rotatable bonds is 5. The van der Waals surface area contributed by atoms with E-state index in [0.29, 0.717) is 17.4 Å². The molecular weight excluding hydrogens is 318 g/mol. The highest BCUT2D eigenvalue weighted by Crippen LogP contribution is 2.17. The summed E-state index contributed by atoms with van der Waals surface area (Å²) in [5.41, 5.74) is 0. The Morgan fingerprint density at radius 1 is 1.44 bits per heavy atom. The van der Waals surface area contributed by atoms with Gasteiger partial charge in [-0.3, -0.25) is 0 Å². The van der Waals surface area contributed by atoms with Crippen LogP contribution in [0, 0.1) is 5.92 Å². The highest BCUT2D eigenvalue weighted by molar-refractivity contribution is 9.10. The van der Waals surface area contributed by atoms with Gasteiger partial charge in [0.1, 0.15) is 0 Å². The van der Waals surface area contributed by atoms with Gasteiger partial charge in [0.25, 0.3) is 0 Å². The van der Waals surface area contributed by atoms with Gasteiger partial charge in [0.05, 0.1) is 4.90 Å². The summed E-state index contributed by atoms with van der Waals surface area (Å²) < 4.78 is 32.6. The van der Waals surface area contributed by atoms with Crippen LogP contribution < -0.4 is 4.72 Å². The number of nitrogens with one attached hydrogen (secondary N) is 1. The van der Waals surface area contributed by atoms with Crippen LogP contribution in [0.4, 0.5) is 0 Å². The Bertz CT molecular complexity index is 498. The van der Waals surface area contributed by atoms with E-state index in [1.165, 1.54) is 0 Å². The number of sulfonamides is 1. The number of halogens is 1. The Balaban J connectivity index is 1.90. The molecule has 1 aromatic carbocycles. The molecule has 0 aromatic heterocycles. The van der Waals surface area contributed by atoms with Crippen molar-refractivity contribution in [2.45, 2.75) is 17.7 Å². The molecule has 100 valence electrons. The maximum absolute atomic E-state index is 12.0. The highest BCUT2D eigenvalue weighted by Gasteiger charge is 2.18. The van der Waals surface area contributed by atoms with E-state index in [0.717, 1.165) is 30.5 Å². The molecule has 0 saturated carbocycles. The fourth-order valence-electron chi connectivity index (χ4n) is 1.93. The van der Waals surface area contributed by atoms with Crippen LogP contribution >= 0.6 is 15.9 Å². The van der Waals surface area contributed by atoms with Gasteiger partial charge in [-0.05, 0) is 37.0 Å². The zero-order chi connectivity index (χ0) is 13.0. The minimum Gasteiger partial charge on any atom is -0.381 e. The maximum atomic E-state index is 12.0. The predicted molar refractivity (Wildman–Crippen MR) is 72.9 cm³/mol. The van der Waals surface area contributed by atoms with Crippen LogP contribution in [-0.4, -0.2) is 28.2 Å². The largest absolute Gasteiger partial charge is 0.381 e. The SMILES string of the molecule is O=S(=O)(NCCC1CCOC1)c1cccc(Br)c1. The smallest absolute Gasteiger partial charge is 0.240 e. The molecule has 1 aliphatic heterocycles. The number of benzene rings is 1. The van der Waals surface area contributed by atoms with Crippen molar-refractivity contribution in [1.29, 1.82) is 0 Å². The Morgan fingerprint density at radius 2 is 2.28 bits per heavy atom. The summed E-state index contributed by atoms with van der Waals surface area (Å²) in [4.78, 5) is 0.291. The summed E-state index contributed by atoms with van der Waals surface area (Å²) in [6, 6.07) is 6.70. The van der Waals surface area contributed by atoms with Crippen molar-refractivity contribution in [3.05, 3.63) is 28.7 Å². The van der Waals surface area contributed by atoms with Crippen LogP contribution in [0.5, 0.6) is 0 Å². The fraction of sp³-hybridized carbons (Fsp3) is 0.500. The zero-order valence-electron chi connectivity index (χ0n) is 9.93. The van der Waals surface area contributed by atoms with Gasteiger partial charge >= 0.3 is 0 Å². The molecule has 1 aliphatic rings. The van der Waals surface area contributed by atoms with Gasteiger partial charge in [-0.2, -0.15) is 0 Å². The molecule has 18 heavy (non-hydrogen) atoms. The van der Waals surface area contributed by atoms with E-state index >= 15 is 0 Å². The third-order valence-corrected chi connectivity index (χ3v) is 4.93. The standard InChI is InChI=1S/C12H16BrNO3S/c13-11-2-1-3-12(8-11)18(15,16)14-6-4-10-5-7-17-9-10/h1-3,8,10,14H,4-7,9H2. The topological polar surface area (TPSA) is 55.4 Å². The minimum absolute atomic E-state index is 0.291. The van der Waals surface area contributed by atoms with Crippen LogP contribution in [0.3, 0.4) is 0 Å². The van der Waals surface area contributed by atoms with Crippen LogP contribution in [0.2, 0.25) is 0 Å². The molecule has 1 aromatic rings. The summed E-state index contributed by atoms with van der Waals surface area (Å²) in [6.07, 6.45) is 1.85. The first-order valence-corrected chi connectivity index (χ1v) is 8.18. The van der Waals surface area contributed by atoms with Gasteiger partial charge in [-0.15, -0.1) is 0 Å². The van der Waals surface area contributed by atoms with E-state index in [1.807, 2.05) is 0 Å². The van der Waals surface area contributed by atoms with E-state index in [2.05, 4.69) is 20.7 Å². The molecule has 4 nitrogen and oxygen atoms in total. The molecule has 6 heteroatoms. The summed E-state index contributed by atoms with van der Waals surface area (Å²) in [6.45, 7) is 2.00. The lowest BCUT2D eigenvalue weighted by atomic mass is 10.1. The lowest BCUT2D eigenvalue weighted by Gasteiger charge is -2.09. The molecular formula is C12H16BrNO3S. The molecule has 0 aliphatic carbocycles. The molecule has 0 spiro atoms. The summed E-state index contributed by atoms with van der Waals surface area (Å²) >= 11 is 3.27. The third-order valence-electron chi connectivity index (χ3n) is 2.98. The van der Waals surface area contributed by atoms with E-state index < -0.39 is 10.0 Å². The van der Waals surface area contributed by atoms with Crippen molar-refractivity contribution in [3.8, 4) is 0 Å². The molecule has 0 amide bonds. The fourth-order valence-corrected chi connectivity index (χ4v) is 3.57. The van der Waals surface area contributed by atoms with Crippen molar-refractivity contribution in [2.24, 2.45) is 5.92 Å². The number of hydrogen-bond donors (Lipinski definition) is 1. The molecule has 1 unspecified atom stereocenters. The second-order valence-corrected chi connectivity index (χ2v) is 7.06. The van der Waals surface area contributed by atoms with Crippen molar-refractivity contribution in [1.82, 2.24) is 4.72 Å². The number of ether oxygens (including phenoxy) is 1. The van der Waals surface area contributed by atoms with E-state index in [4.69, 9.17) is 4.74 Å². The monoisotopic (exact) mass is 333 g/mol. The molecule has 1 fully saturated rings. The van der Waals surface area contributed by atoms with Crippen LogP contribution in [0.1, 0.15) is 12.8 Å². The van der Waals surface area contributed by atoms with Crippen LogP contribution in [-0.2, 0) is 14.8 Å². The van der Waals surface area contributed by atoms with Crippen LogP contribution in [0.25, 0.3) is 0 Å². The molecule has 1 N–H and O–H groups in total. The van der Waals surface area contributed by atoms with Crippen molar-refractivity contribution < 1.29 is 13.2 Å². The highest BCUT2D eigenvalue weighted by atomic mass is 79.9. The molecule has 1 heterocycles. The Kier molecular flexibility index (Phi) is 4.77. The van der Waals surface area contributed by atoms with Gasteiger partial charge in [-0.25, -0.2) is 13.1 Å². The third kappa shape index (κ3) is 3.78. The van der Waals surface area contributed by atoms with E-state index in [-0.39, 0.29) is 0 Å². The van der Waals surface area contributed by atoms with E-state index in [1.54, 1.807) is 24.3 Å². The van der Waals surface area contributed by atoms with Crippen molar-refractivity contribution >= 4 is 26.0 Å². The van der Waals surface area contributed by atoms with Gasteiger partial charge < -0.3 is 4.74 Å². The number of hydrogen-bond acceptors (Lipinski definition) is 3. The lowest BCUT2D eigenvalue weighted by molar-refractivity contribution is 0.184. The second kappa shape index (κ2) is 6.14. The normalized spacial score (nSPS) is 20.2. The van der Waals surface area contributed by atoms with Gasteiger partial charge in [0.2, 0.25) is 10.0 Å². The summed E-state index contributed by atoms with van der Waals surface area (Å²) in [5, 5.41) is 0. The van der Waals surface area contributed by atoms with Gasteiger partial charge in [0.15, 0.2) is 0 Å². The Hall–Kier alpha value is -0.430. The van der Waals surface area contributed by atoms with E-state index in [9.17, 15) is 8.42 Å². The van der Waals surface area contributed by atoms with Gasteiger partial charge in [-0.1, -0.05) is 22.0 Å². The summed E-state index contributed by atoms with van der Waals surface area (Å²) in [7, 11) is -3.40. The first kappa shape index (κ1) is 14.0.